The average molecular weight is 242 g/mol. The first-order chi connectivity index (χ1) is 9.06. The van der Waals surface area contributed by atoms with E-state index >= 15 is 0 Å². The van der Waals surface area contributed by atoms with Gasteiger partial charge in [0, 0.05) is 4.11 Å². The molecule has 98 valence electrons. The van der Waals surface area contributed by atoms with Crippen LogP contribution in [0.4, 0.5) is 0 Å². The molecular formula is C14H25NO2. The Morgan fingerprint density at radius 3 is 2.59 bits per heavy atom. The number of nitrogens with zero attached hydrogens (tertiary/aromatic N) is 1. The molecule has 1 unspecified atom stereocenters. The fourth-order valence-corrected chi connectivity index (χ4v) is 1.79. The zero-order valence-electron chi connectivity index (χ0n) is 14.1. The molecule has 17 heavy (non-hydrogen) atoms. The van der Waals surface area contributed by atoms with Crippen molar-refractivity contribution in [1.29, 1.82) is 0 Å². The molecule has 0 amide bonds. The number of Topliss-reactive ketones (excluding diaryl/α,β-unsaturated/α-hetero) is 1. The van der Waals surface area contributed by atoms with Crippen molar-refractivity contribution in [3.63, 3.8) is 0 Å². The van der Waals surface area contributed by atoms with Gasteiger partial charge in [-0.25, -0.2) is 0 Å². The lowest BCUT2D eigenvalue weighted by atomic mass is 9.92. The van der Waals surface area contributed by atoms with Gasteiger partial charge in [0.2, 0.25) is 0 Å². The number of ketones is 1. The molecule has 0 radical (unpaired) electrons. The van der Waals surface area contributed by atoms with Crippen molar-refractivity contribution in [2.45, 2.75) is 39.3 Å². The van der Waals surface area contributed by atoms with Crippen LogP contribution < -0.4 is 0 Å². The van der Waals surface area contributed by atoms with E-state index in [1.54, 1.807) is 31.1 Å². The SMILES string of the molecule is [2H]C([2H])([2H])C=C/C=C/C[C@@H](C)C(O)[C@@H](C(C)=O)N(C)C. The van der Waals surface area contributed by atoms with Crippen LogP contribution in [0.5, 0.6) is 0 Å². The summed E-state index contributed by atoms with van der Waals surface area (Å²) in [5.74, 6) is -0.163. The Morgan fingerprint density at radius 2 is 2.12 bits per heavy atom. The summed E-state index contributed by atoms with van der Waals surface area (Å²) >= 11 is 0. The van der Waals surface area contributed by atoms with Gasteiger partial charge in [0.25, 0.3) is 0 Å². The minimum absolute atomic E-state index is 0.0689. The van der Waals surface area contributed by atoms with E-state index in [2.05, 4.69) is 0 Å². The van der Waals surface area contributed by atoms with E-state index in [-0.39, 0.29) is 11.7 Å². The van der Waals surface area contributed by atoms with Crippen molar-refractivity contribution in [3.05, 3.63) is 24.3 Å². The number of rotatable bonds is 7. The number of carbonyl (C=O) groups is 1. The Morgan fingerprint density at radius 1 is 1.47 bits per heavy atom. The lowest BCUT2D eigenvalue weighted by Gasteiger charge is -2.30. The maximum Gasteiger partial charge on any atom is 0.149 e. The van der Waals surface area contributed by atoms with Crippen molar-refractivity contribution in [1.82, 2.24) is 4.90 Å². The molecule has 3 nitrogen and oxygen atoms in total. The Hall–Kier alpha value is -0.930. The normalized spacial score (nSPS) is 21.2. The van der Waals surface area contributed by atoms with Crippen molar-refractivity contribution in [2.75, 3.05) is 14.1 Å². The maximum atomic E-state index is 11.5. The third kappa shape index (κ3) is 5.80. The van der Waals surface area contributed by atoms with Gasteiger partial charge in [0.05, 0.1) is 12.1 Å². The highest BCUT2D eigenvalue weighted by atomic mass is 16.3. The van der Waals surface area contributed by atoms with Crippen molar-refractivity contribution in [3.8, 4) is 0 Å². The first-order valence-electron chi connectivity index (χ1n) is 7.25. The highest BCUT2D eigenvalue weighted by Gasteiger charge is 2.29. The van der Waals surface area contributed by atoms with Crippen LogP contribution in [0, 0.1) is 5.92 Å². The summed E-state index contributed by atoms with van der Waals surface area (Å²) in [5, 5.41) is 10.2. The standard InChI is InChI=1S/C14H25NO2/c1-6-7-8-9-10-11(2)14(17)13(12(3)16)15(4)5/h6-9,11,13-14,17H,10H2,1-5H3/b7-6?,9-8+/t11-,13-,14?/m1/s1/i1D3. The summed E-state index contributed by atoms with van der Waals surface area (Å²) < 4.78 is 21.0. The Balaban J connectivity index is 4.46. The van der Waals surface area contributed by atoms with Gasteiger partial charge in [0.1, 0.15) is 5.78 Å². The van der Waals surface area contributed by atoms with Gasteiger partial charge >= 0.3 is 0 Å². The molecule has 0 aliphatic heterocycles. The Labute approximate surface area is 109 Å². The quantitative estimate of drug-likeness (QED) is 0.694. The molecule has 0 aliphatic rings. The molecule has 3 heteroatoms. The van der Waals surface area contributed by atoms with Crippen LogP contribution >= 0.6 is 0 Å². The van der Waals surface area contributed by atoms with Gasteiger partial charge in [-0.05, 0) is 40.2 Å². The second kappa shape index (κ2) is 8.20. The summed E-state index contributed by atoms with van der Waals surface area (Å²) in [6, 6.07) is -0.517. The summed E-state index contributed by atoms with van der Waals surface area (Å²) in [6.45, 7) is 1.26. The number of carbonyl (C=O) groups excluding carboxylic acids is 1. The second-order valence-electron chi connectivity index (χ2n) is 4.51. The van der Waals surface area contributed by atoms with Crippen LogP contribution in [0.1, 0.15) is 31.2 Å². The predicted octanol–water partition coefficient (Wildman–Crippen LogP) is 2.02. The number of aliphatic hydroxyl groups is 1. The van der Waals surface area contributed by atoms with Crippen LogP contribution in [0.25, 0.3) is 0 Å². The molecular weight excluding hydrogens is 214 g/mol. The molecule has 0 saturated heterocycles. The van der Waals surface area contributed by atoms with Crippen molar-refractivity contribution >= 4 is 5.78 Å². The van der Waals surface area contributed by atoms with E-state index < -0.39 is 19.0 Å². The second-order valence-corrected chi connectivity index (χ2v) is 4.51. The number of aliphatic hydroxyl groups excluding tert-OH is 1. The van der Waals surface area contributed by atoms with Crippen molar-refractivity contribution < 1.29 is 14.0 Å². The molecule has 0 heterocycles. The first kappa shape index (κ1) is 11.2. The van der Waals surface area contributed by atoms with E-state index in [0.29, 0.717) is 6.42 Å². The highest BCUT2D eigenvalue weighted by molar-refractivity contribution is 5.82. The van der Waals surface area contributed by atoms with Crippen LogP contribution in [-0.2, 0) is 4.79 Å². The van der Waals surface area contributed by atoms with Gasteiger partial charge in [-0.1, -0.05) is 31.2 Å². The number of hydrogen-bond donors (Lipinski definition) is 1. The number of hydrogen-bond acceptors (Lipinski definition) is 3. The minimum atomic E-state index is -2.07. The van der Waals surface area contributed by atoms with Gasteiger partial charge in [-0.2, -0.15) is 0 Å². The molecule has 0 aromatic heterocycles. The maximum absolute atomic E-state index is 11.5. The average Bonchev–Trinajstić information content (AvgIpc) is 2.25. The lowest BCUT2D eigenvalue weighted by Crippen LogP contribution is -2.47. The van der Waals surface area contributed by atoms with Gasteiger partial charge < -0.3 is 5.11 Å². The monoisotopic (exact) mass is 242 g/mol. The molecule has 0 aromatic carbocycles. The molecule has 0 aromatic rings. The van der Waals surface area contributed by atoms with Crippen LogP contribution in [0.15, 0.2) is 24.3 Å². The van der Waals surface area contributed by atoms with E-state index in [0.717, 1.165) is 6.08 Å². The molecule has 0 aliphatic carbocycles. The fraction of sp³-hybridized carbons (Fsp3) is 0.643. The summed E-state index contributed by atoms with van der Waals surface area (Å²) in [5.41, 5.74) is 0. The topological polar surface area (TPSA) is 40.5 Å². The van der Waals surface area contributed by atoms with Crippen LogP contribution in [0.3, 0.4) is 0 Å². The van der Waals surface area contributed by atoms with E-state index in [4.69, 9.17) is 4.11 Å². The molecule has 0 rings (SSSR count). The molecule has 0 fully saturated rings. The van der Waals surface area contributed by atoms with Gasteiger partial charge in [-0.3, -0.25) is 9.69 Å². The van der Waals surface area contributed by atoms with Crippen molar-refractivity contribution in [2.24, 2.45) is 5.92 Å². The summed E-state index contributed by atoms with van der Waals surface area (Å²) in [7, 11) is 3.52. The first-order valence-corrected chi connectivity index (χ1v) is 5.75. The molecule has 0 saturated carbocycles. The Bertz CT molecular complexity index is 362. The minimum Gasteiger partial charge on any atom is -0.391 e. The zero-order valence-corrected chi connectivity index (χ0v) is 11.1. The molecule has 0 spiro atoms. The third-order valence-electron chi connectivity index (χ3n) is 2.73. The Kier molecular flexibility index (Phi) is 5.39. The zero-order chi connectivity index (χ0) is 15.9. The summed E-state index contributed by atoms with van der Waals surface area (Å²) in [4.78, 5) is 13.2. The number of likely N-dealkylation sites (N-methyl/N-ethyl adjacent to an activating group) is 1. The smallest absolute Gasteiger partial charge is 0.149 e. The largest absolute Gasteiger partial charge is 0.391 e. The van der Waals surface area contributed by atoms with Crippen LogP contribution in [-0.4, -0.2) is 42.0 Å². The van der Waals surface area contributed by atoms with Gasteiger partial charge in [-0.15, -0.1) is 0 Å². The van der Waals surface area contributed by atoms with Gasteiger partial charge in [0.15, 0.2) is 0 Å². The molecule has 1 N–H and O–H groups in total. The number of allylic oxidation sites excluding steroid dienone is 4. The predicted molar refractivity (Wildman–Crippen MR) is 71.9 cm³/mol. The van der Waals surface area contributed by atoms with E-state index in [1.165, 1.54) is 13.0 Å². The molecule has 0 bridgehead atoms. The lowest BCUT2D eigenvalue weighted by molar-refractivity contribution is -0.126. The van der Waals surface area contributed by atoms with E-state index in [1.807, 2.05) is 6.92 Å². The molecule has 3 atom stereocenters. The highest BCUT2D eigenvalue weighted by Crippen LogP contribution is 2.16. The third-order valence-corrected chi connectivity index (χ3v) is 2.73. The summed E-state index contributed by atoms with van der Waals surface area (Å²) in [6.07, 6.45) is 5.88. The fourth-order valence-electron chi connectivity index (χ4n) is 1.79. The van der Waals surface area contributed by atoms with E-state index in [9.17, 15) is 9.90 Å². The van der Waals surface area contributed by atoms with Crippen LogP contribution in [0.2, 0.25) is 0 Å².